The third-order valence-corrected chi connectivity index (χ3v) is 3.59. The van der Waals surface area contributed by atoms with E-state index in [2.05, 4.69) is 20.8 Å². The minimum absolute atomic E-state index is 0.281. The van der Waals surface area contributed by atoms with Crippen LogP contribution in [0, 0.1) is 10.8 Å². The van der Waals surface area contributed by atoms with Crippen LogP contribution in [0.1, 0.15) is 33.6 Å². The maximum Gasteiger partial charge on any atom is 0.0539 e. The van der Waals surface area contributed by atoms with Gasteiger partial charge in [-0.15, -0.1) is 11.6 Å². The average molecular weight is 191 g/mol. The summed E-state index contributed by atoms with van der Waals surface area (Å²) in [5.74, 6) is 0.740. The van der Waals surface area contributed by atoms with Crippen LogP contribution in [-0.4, -0.2) is 19.1 Å². The molecule has 0 aliphatic heterocycles. The number of rotatable bonds is 5. The van der Waals surface area contributed by atoms with Gasteiger partial charge < -0.3 is 4.74 Å². The Morgan fingerprint density at radius 1 is 1.42 bits per heavy atom. The first-order chi connectivity index (χ1) is 5.58. The van der Waals surface area contributed by atoms with Crippen molar-refractivity contribution < 1.29 is 4.74 Å². The van der Waals surface area contributed by atoms with Crippen LogP contribution in [0.4, 0.5) is 0 Å². The number of ether oxygens (including phenoxy) is 1. The van der Waals surface area contributed by atoms with Crippen molar-refractivity contribution in [2.45, 2.75) is 33.6 Å². The third kappa shape index (κ3) is 1.77. The molecular weight excluding hydrogens is 172 g/mol. The molecule has 1 unspecified atom stereocenters. The van der Waals surface area contributed by atoms with E-state index in [1.165, 1.54) is 6.42 Å². The Bertz CT molecular complexity index is 156. The summed E-state index contributed by atoms with van der Waals surface area (Å²) >= 11 is 5.94. The monoisotopic (exact) mass is 190 g/mol. The van der Waals surface area contributed by atoms with Crippen molar-refractivity contribution in [3.05, 3.63) is 0 Å². The molecule has 0 heterocycles. The molecule has 1 nitrogen and oxygen atoms in total. The van der Waals surface area contributed by atoms with Crippen LogP contribution in [0.3, 0.4) is 0 Å². The fourth-order valence-corrected chi connectivity index (χ4v) is 2.26. The molecule has 0 amide bonds. The van der Waals surface area contributed by atoms with Gasteiger partial charge in [-0.3, -0.25) is 0 Å². The molecule has 0 spiro atoms. The lowest BCUT2D eigenvalue weighted by Crippen LogP contribution is -2.18. The minimum atomic E-state index is 0.281. The van der Waals surface area contributed by atoms with E-state index < -0.39 is 0 Å². The molecule has 1 fully saturated rings. The summed E-state index contributed by atoms with van der Waals surface area (Å²) in [5.41, 5.74) is 0.687. The van der Waals surface area contributed by atoms with Crippen molar-refractivity contribution in [3.63, 3.8) is 0 Å². The molecule has 0 saturated heterocycles. The van der Waals surface area contributed by atoms with Gasteiger partial charge in [0, 0.05) is 17.9 Å². The lowest BCUT2D eigenvalue weighted by Gasteiger charge is -2.17. The summed E-state index contributed by atoms with van der Waals surface area (Å²) in [6.45, 7) is 8.38. The molecule has 0 aromatic carbocycles. The van der Waals surface area contributed by atoms with E-state index >= 15 is 0 Å². The number of halogens is 1. The number of hydrogen-bond acceptors (Lipinski definition) is 1. The fourth-order valence-electron chi connectivity index (χ4n) is 1.73. The van der Waals surface area contributed by atoms with E-state index in [0.29, 0.717) is 5.41 Å². The van der Waals surface area contributed by atoms with E-state index in [1.807, 2.05) is 0 Å². The van der Waals surface area contributed by atoms with Gasteiger partial charge in [-0.2, -0.15) is 0 Å². The van der Waals surface area contributed by atoms with Gasteiger partial charge in [0.1, 0.15) is 0 Å². The van der Waals surface area contributed by atoms with E-state index in [9.17, 15) is 0 Å². The second kappa shape index (κ2) is 3.55. The van der Waals surface area contributed by atoms with Crippen LogP contribution in [-0.2, 0) is 4.74 Å². The Labute approximate surface area is 80.4 Å². The first-order valence-electron chi connectivity index (χ1n) is 4.72. The van der Waals surface area contributed by atoms with Crippen molar-refractivity contribution in [3.8, 4) is 0 Å². The van der Waals surface area contributed by atoms with Gasteiger partial charge in [-0.25, -0.2) is 0 Å². The van der Waals surface area contributed by atoms with Crippen LogP contribution in [0.25, 0.3) is 0 Å². The predicted molar refractivity (Wildman–Crippen MR) is 52.7 cm³/mol. The molecule has 1 atom stereocenters. The zero-order chi connectivity index (χ0) is 9.24. The lowest BCUT2D eigenvalue weighted by atomic mass is 9.99. The summed E-state index contributed by atoms with van der Waals surface area (Å²) in [6.07, 6.45) is 2.31. The maximum absolute atomic E-state index is 5.94. The molecule has 1 rings (SSSR count). The Hall–Kier alpha value is 0.250. The molecule has 0 aromatic heterocycles. The Morgan fingerprint density at radius 2 is 2.00 bits per heavy atom. The van der Waals surface area contributed by atoms with Crippen molar-refractivity contribution in [2.75, 3.05) is 19.1 Å². The topological polar surface area (TPSA) is 9.23 Å². The molecule has 1 aliphatic rings. The normalized spacial score (nSPS) is 32.0. The molecule has 0 bridgehead atoms. The lowest BCUT2D eigenvalue weighted by molar-refractivity contribution is 0.0850. The molecule has 12 heavy (non-hydrogen) atoms. The highest BCUT2D eigenvalue weighted by Crippen LogP contribution is 2.63. The Balaban J connectivity index is 2.30. The average Bonchev–Trinajstić information content (AvgIpc) is 2.55. The molecule has 0 aromatic rings. The SMILES string of the molecule is CCCOCC1(CCl)CC1(C)C. The van der Waals surface area contributed by atoms with Crippen LogP contribution in [0.5, 0.6) is 0 Å². The van der Waals surface area contributed by atoms with Crippen LogP contribution in [0.2, 0.25) is 0 Å². The third-order valence-electron chi connectivity index (χ3n) is 3.07. The summed E-state index contributed by atoms with van der Waals surface area (Å²) < 4.78 is 5.55. The van der Waals surface area contributed by atoms with E-state index in [1.54, 1.807) is 0 Å². The van der Waals surface area contributed by atoms with E-state index in [0.717, 1.165) is 25.5 Å². The second-order valence-corrected chi connectivity index (χ2v) is 4.79. The van der Waals surface area contributed by atoms with Crippen LogP contribution >= 0.6 is 11.6 Å². The Kier molecular flexibility index (Phi) is 3.06. The van der Waals surface area contributed by atoms with E-state index in [4.69, 9.17) is 16.3 Å². The van der Waals surface area contributed by atoms with Gasteiger partial charge in [0.2, 0.25) is 0 Å². The van der Waals surface area contributed by atoms with Crippen molar-refractivity contribution in [1.82, 2.24) is 0 Å². The molecule has 72 valence electrons. The van der Waals surface area contributed by atoms with Gasteiger partial charge in [0.15, 0.2) is 0 Å². The molecular formula is C10H19ClO. The van der Waals surface area contributed by atoms with Gasteiger partial charge in [0.25, 0.3) is 0 Å². The van der Waals surface area contributed by atoms with Crippen molar-refractivity contribution in [1.29, 1.82) is 0 Å². The first kappa shape index (κ1) is 10.3. The predicted octanol–water partition coefficient (Wildman–Crippen LogP) is 3.07. The second-order valence-electron chi connectivity index (χ2n) is 4.53. The molecule has 1 aliphatic carbocycles. The zero-order valence-corrected chi connectivity index (χ0v) is 9.08. The van der Waals surface area contributed by atoms with Crippen molar-refractivity contribution >= 4 is 11.6 Å². The smallest absolute Gasteiger partial charge is 0.0539 e. The van der Waals surface area contributed by atoms with E-state index in [-0.39, 0.29) is 5.41 Å². The molecule has 1 saturated carbocycles. The Morgan fingerprint density at radius 3 is 2.33 bits per heavy atom. The van der Waals surface area contributed by atoms with Gasteiger partial charge in [-0.05, 0) is 18.3 Å². The number of hydrogen-bond donors (Lipinski definition) is 0. The molecule has 0 radical (unpaired) electrons. The fraction of sp³-hybridized carbons (Fsp3) is 1.00. The largest absolute Gasteiger partial charge is 0.381 e. The van der Waals surface area contributed by atoms with Crippen LogP contribution < -0.4 is 0 Å². The molecule has 0 N–H and O–H groups in total. The highest BCUT2D eigenvalue weighted by molar-refractivity contribution is 6.18. The summed E-state index contributed by atoms with van der Waals surface area (Å²) in [6, 6.07) is 0. The maximum atomic E-state index is 5.94. The molecule has 2 heteroatoms. The van der Waals surface area contributed by atoms with Crippen LogP contribution in [0.15, 0.2) is 0 Å². The van der Waals surface area contributed by atoms with Crippen molar-refractivity contribution in [2.24, 2.45) is 10.8 Å². The number of alkyl halides is 1. The zero-order valence-electron chi connectivity index (χ0n) is 8.32. The van der Waals surface area contributed by atoms with Gasteiger partial charge in [0.05, 0.1) is 6.61 Å². The highest BCUT2D eigenvalue weighted by atomic mass is 35.5. The minimum Gasteiger partial charge on any atom is -0.381 e. The highest BCUT2D eigenvalue weighted by Gasteiger charge is 2.60. The summed E-state index contributed by atoms with van der Waals surface area (Å²) in [7, 11) is 0. The quantitative estimate of drug-likeness (QED) is 0.478. The standard InChI is InChI=1S/C10H19ClO/c1-4-5-12-8-10(7-11)6-9(10,2)3/h4-8H2,1-3H3. The van der Waals surface area contributed by atoms with Gasteiger partial charge in [-0.1, -0.05) is 20.8 Å². The van der Waals surface area contributed by atoms with Gasteiger partial charge >= 0.3 is 0 Å². The summed E-state index contributed by atoms with van der Waals surface area (Å²) in [5, 5.41) is 0. The summed E-state index contributed by atoms with van der Waals surface area (Å²) in [4.78, 5) is 0. The first-order valence-corrected chi connectivity index (χ1v) is 5.25.